The average molecular weight is 474 g/mol. The predicted molar refractivity (Wildman–Crippen MR) is 122 cm³/mol. The molecule has 32 heavy (non-hydrogen) atoms. The zero-order chi connectivity index (χ0) is 22.7. The van der Waals surface area contributed by atoms with Crippen LogP contribution in [0.1, 0.15) is 40.2 Å². The molecule has 3 aromatic rings. The smallest absolute Gasteiger partial charge is 0.263 e. The van der Waals surface area contributed by atoms with E-state index in [0.717, 1.165) is 24.8 Å². The number of hydrogen-bond donors (Lipinski definition) is 1. The zero-order valence-corrected chi connectivity index (χ0v) is 19.3. The molecular weight excluding hydrogens is 449 g/mol. The van der Waals surface area contributed by atoms with Crippen LogP contribution in [-0.2, 0) is 16.6 Å². The van der Waals surface area contributed by atoms with E-state index in [0.29, 0.717) is 34.2 Å². The van der Waals surface area contributed by atoms with Gasteiger partial charge in [-0.05, 0) is 61.7 Å². The van der Waals surface area contributed by atoms with E-state index in [1.165, 1.54) is 27.8 Å². The molecule has 1 saturated heterocycles. The van der Waals surface area contributed by atoms with E-state index in [1.54, 1.807) is 43.3 Å². The van der Waals surface area contributed by atoms with Crippen LogP contribution in [0.4, 0.5) is 4.39 Å². The van der Waals surface area contributed by atoms with Gasteiger partial charge in [0, 0.05) is 25.2 Å². The minimum atomic E-state index is -3.53. The Hall–Kier alpha value is -2.62. The first kappa shape index (κ1) is 22.6. The molecule has 168 valence electrons. The highest BCUT2D eigenvalue weighted by molar-refractivity contribution is 7.89. The Bertz CT molecular complexity index is 1220. The summed E-state index contributed by atoms with van der Waals surface area (Å²) in [5.74, 6) is -0.609. The van der Waals surface area contributed by atoms with Crippen molar-refractivity contribution in [2.75, 3.05) is 13.1 Å². The number of aryl methyl sites for hydroxylation is 1. The van der Waals surface area contributed by atoms with Crippen molar-refractivity contribution >= 4 is 27.3 Å². The van der Waals surface area contributed by atoms with Crippen LogP contribution in [-0.4, -0.2) is 36.7 Å². The second kappa shape index (κ2) is 9.48. The second-order valence-corrected chi connectivity index (χ2v) is 10.7. The van der Waals surface area contributed by atoms with Crippen molar-refractivity contribution in [3.05, 3.63) is 70.5 Å². The molecule has 9 heteroatoms. The fourth-order valence-electron chi connectivity index (χ4n) is 3.66. The summed E-state index contributed by atoms with van der Waals surface area (Å²) in [5, 5.41) is 3.49. The molecule has 6 nitrogen and oxygen atoms in total. The number of amides is 1. The first-order valence-electron chi connectivity index (χ1n) is 10.5. The Morgan fingerprint density at radius 1 is 1.12 bits per heavy atom. The molecule has 0 spiro atoms. The van der Waals surface area contributed by atoms with Crippen molar-refractivity contribution in [3.8, 4) is 10.6 Å². The van der Waals surface area contributed by atoms with Gasteiger partial charge in [0.15, 0.2) is 0 Å². The molecule has 1 aliphatic heterocycles. The van der Waals surface area contributed by atoms with Gasteiger partial charge in [-0.25, -0.2) is 17.8 Å². The normalized spacial score (nSPS) is 14.9. The number of halogens is 1. The van der Waals surface area contributed by atoms with Crippen LogP contribution in [0.2, 0.25) is 0 Å². The number of benzene rings is 2. The number of piperidine rings is 1. The van der Waals surface area contributed by atoms with E-state index < -0.39 is 10.0 Å². The van der Waals surface area contributed by atoms with E-state index >= 15 is 0 Å². The number of aromatic nitrogens is 1. The Kier molecular flexibility index (Phi) is 6.68. The first-order valence-corrected chi connectivity index (χ1v) is 12.7. The van der Waals surface area contributed by atoms with Crippen LogP contribution in [0.3, 0.4) is 0 Å². The average Bonchev–Trinajstić information content (AvgIpc) is 3.20. The molecule has 1 fully saturated rings. The summed E-state index contributed by atoms with van der Waals surface area (Å²) >= 11 is 1.24. The number of carbonyl (C=O) groups excluding carboxylic acids is 1. The summed E-state index contributed by atoms with van der Waals surface area (Å²) in [4.78, 5) is 17.9. The molecule has 2 aromatic carbocycles. The zero-order valence-electron chi connectivity index (χ0n) is 17.7. The first-order chi connectivity index (χ1) is 15.3. The quantitative estimate of drug-likeness (QED) is 0.577. The summed E-state index contributed by atoms with van der Waals surface area (Å²) in [6.45, 7) is 3.05. The largest absolute Gasteiger partial charge is 0.347 e. The molecule has 1 aromatic heterocycles. The van der Waals surface area contributed by atoms with Gasteiger partial charge in [0.1, 0.15) is 15.7 Å². The lowest BCUT2D eigenvalue weighted by Gasteiger charge is -2.26. The third-order valence-corrected chi connectivity index (χ3v) is 8.50. The topological polar surface area (TPSA) is 79.4 Å². The summed E-state index contributed by atoms with van der Waals surface area (Å²) in [6.07, 6.45) is 2.81. The van der Waals surface area contributed by atoms with Gasteiger partial charge in [0.05, 0.1) is 10.6 Å². The van der Waals surface area contributed by atoms with Crippen molar-refractivity contribution in [1.82, 2.24) is 14.6 Å². The maximum Gasteiger partial charge on any atom is 0.263 e. The standard InChI is InChI=1S/C23H24FN3O3S2/c1-16-21(31-23(26-16)18-8-10-19(24)11-9-18)22(28)25-15-17-6-5-7-20(14-17)32(29,30)27-12-3-2-4-13-27/h5-11,14H,2-4,12-13,15H2,1H3,(H,25,28). The Morgan fingerprint density at radius 2 is 1.84 bits per heavy atom. The van der Waals surface area contributed by atoms with Crippen LogP contribution in [0.5, 0.6) is 0 Å². The molecule has 0 unspecified atom stereocenters. The van der Waals surface area contributed by atoms with Crippen molar-refractivity contribution in [2.24, 2.45) is 0 Å². The maximum atomic E-state index is 13.2. The Labute approximate surface area is 191 Å². The number of hydrogen-bond acceptors (Lipinski definition) is 5. The maximum absolute atomic E-state index is 13.2. The molecule has 0 radical (unpaired) electrons. The molecular formula is C23H24FN3O3S2. The number of sulfonamides is 1. The van der Waals surface area contributed by atoms with E-state index in [1.807, 2.05) is 0 Å². The van der Waals surface area contributed by atoms with Gasteiger partial charge in [0.2, 0.25) is 10.0 Å². The van der Waals surface area contributed by atoms with Gasteiger partial charge in [-0.1, -0.05) is 18.6 Å². The second-order valence-electron chi connectivity index (χ2n) is 7.74. The van der Waals surface area contributed by atoms with E-state index in [2.05, 4.69) is 10.3 Å². The summed E-state index contributed by atoms with van der Waals surface area (Å²) in [7, 11) is -3.53. The minimum absolute atomic E-state index is 0.200. The molecule has 0 saturated carbocycles. The minimum Gasteiger partial charge on any atom is -0.347 e. The van der Waals surface area contributed by atoms with Crippen molar-refractivity contribution in [1.29, 1.82) is 0 Å². The lowest BCUT2D eigenvalue weighted by Crippen LogP contribution is -2.35. The highest BCUT2D eigenvalue weighted by Crippen LogP contribution is 2.28. The van der Waals surface area contributed by atoms with Gasteiger partial charge >= 0.3 is 0 Å². The number of carbonyl (C=O) groups is 1. The molecule has 0 bridgehead atoms. The highest BCUT2D eigenvalue weighted by Gasteiger charge is 2.26. The fraction of sp³-hybridized carbons (Fsp3) is 0.304. The number of nitrogens with one attached hydrogen (secondary N) is 1. The lowest BCUT2D eigenvalue weighted by atomic mass is 10.2. The summed E-state index contributed by atoms with van der Waals surface area (Å²) in [6, 6.07) is 12.7. The molecule has 4 rings (SSSR count). The van der Waals surface area contributed by atoms with Crippen LogP contribution in [0.15, 0.2) is 53.4 Å². The molecule has 0 atom stereocenters. The van der Waals surface area contributed by atoms with E-state index in [4.69, 9.17) is 0 Å². The molecule has 2 heterocycles. The van der Waals surface area contributed by atoms with Crippen LogP contribution < -0.4 is 5.32 Å². The van der Waals surface area contributed by atoms with Crippen LogP contribution >= 0.6 is 11.3 Å². The van der Waals surface area contributed by atoms with Gasteiger partial charge in [-0.15, -0.1) is 11.3 Å². The van der Waals surface area contributed by atoms with Gasteiger partial charge in [-0.2, -0.15) is 4.31 Å². The monoisotopic (exact) mass is 473 g/mol. The number of rotatable bonds is 6. The fourth-order valence-corrected chi connectivity index (χ4v) is 6.23. The molecule has 0 aliphatic carbocycles. The van der Waals surface area contributed by atoms with Crippen LogP contribution in [0, 0.1) is 12.7 Å². The molecule has 1 N–H and O–H groups in total. The van der Waals surface area contributed by atoms with Crippen LogP contribution in [0.25, 0.3) is 10.6 Å². The highest BCUT2D eigenvalue weighted by atomic mass is 32.2. The Balaban J connectivity index is 1.46. The predicted octanol–water partition coefficient (Wildman–Crippen LogP) is 4.36. The number of nitrogens with zero attached hydrogens (tertiary/aromatic N) is 2. The van der Waals surface area contributed by atoms with E-state index in [9.17, 15) is 17.6 Å². The van der Waals surface area contributed by atoms with E-state index in [-0.39, 0.29) is 23.2 Å². The lowest BCUT2D eigenvalue weighted by molar-refractivity contribution is 0.0954. The van der Waals surface area contributed by atoms with Gasteiger partial charge in [-0.3, -0.25) is 4.79 Å². The van der Waals surface area contributed by atoms with Crippen molar-refractivity contribution < 1.29 is 17.6 Å². The SMILES string of the molecule is Cc1nc(-c2ccc(F)cc2)sc1C(=O)NCc1cccc(S(=O)(=O)N2CCCCC2)c1. The third kappa shape index (κ3) is 4.90. The molecule has 1 amide bonds. The van der Waals surface area contributed by atoms with Crippen molar-refractivity contribution in [3.63, 3.8) is 0 Å². The van der Waals surface area contributed by atoms with Crippen molar-refractivity contribution in [2.45, 2.75) is 37.6 Å². The van der Waals surface area contributed by atoms with Gasteiger partial charge < -0.3 is 5.32 Å². The molecule has 1 aliphatic rings. The number of thiazole rings is 1. The Morgan fingerprint density at radius 3 is 2.56 bits per heavy atom. The van der Waals surface area contributed by atoms with Gasteiger partial charge in [0.25, 0.3) is 5.91 Å². The third-order valence-electron chi connectivity index (χ3n) is 5.40. The summed E-state index contributed by atoms with van der Waals surface area (Å²) < 4.78 is 40.5. The summed E-state index contributed by atoms with van der Waals surface area (Å²) in [5.41, 5.74) is 2.04.